The standard InChI is InChI=1S/C16H26N4O/c1-4-12(3)20-15(13-5-6-13)14(9-18-20)16(21)19-8-7-17-11(2)10-19/h9,11-13,17H,4-8,10H2,1-3H3/t11-,12?/m1/s1. The van der Waals surface area contributed by atoms with Crippen molar-refractivity contribution in [1.82, 2.24) is 20.0 Å². The van der Waals surface area contributed by atoms with E-state index >= 15 is 0 Å². The maximum atomic E-state index is 12.9. The van der Waals surface area contributed by atoms with Crippen LogP contribution < -0.4 is 5.32 Å². The van der Waals surface area contributed by atoms with E-state index in [4.69, 9.17) is 0 Å². The molecule has 0 radical (unpaired) electrons. The summed E-state index contributed by atoms with van der Waals surface area (Å²) in [5.41, 5.74) is 2.02. The lowest BCUT2D eigenvalue weighted by molar-refractivity contribution is 0.0707. The van der Waals surface area contributed by atoms with Gasteiger partial charge in [0.15, 0.2) is 0 Å². The van der Waals surface area contributed by atoms with E-state index in [9.17, 15) is 4.79 Å². The first-order valence-electron chi connectivity index (χ1n) is 8.21. The number of hydrogen-bond donors (Lipinski definition) is 1. The molecule has 1 amide bonds. The van der Waals surface area contributed by atoms with Gasteiger partial charge in [0.05, 0.1) is 17.5 Å². The molecule has 5 heteroatoms. The van der Waals surface area contributed by atoms with E-state index in [1.165, 1.54) is 18.5 Å². The zero-order valence-corrected chi connectivity index (χ0v) is 13.3. The normalized spacial score (nSPS) is 24.1. The van der Waals surface area contributed by atoms with Crippen molar-refractivity contribution in [3.05, 3.63) is 17.5 Å². The van der Waals surface area contributed by atoms with Crippen molar-refractivity contribution < 1.29 is 4.79 Å². The van der Waals surface area contributed by atoms with E-state index in [2.05, 4.69) is 35.9 Å². The molecule has 1 unspecified atom stereocenters. The molecule has 1 saturated heterocycles. The van der Waals surface area contributed by atoms with Gasteiger partial charge in [0, 0.05) is 37.6 Å². The molecule has 116 valence electrons. The Bertz CT molecular complexity index is 520. The Morgan fingerprint density at radius 3 is 2.90 bits per heavy atom. The number of piperazine rings is 1. The highest BCUT2D eigenvalue weighted by molar-refractivity contribution is 5.95. The molecule has 1 aliphatic heterocycles. The summed E-state index contributed by atoms with van der Waals surface area (Å²) in [6.45, 7) is 8.94. The molecule has 2 heterocycles. The highest BCUT2D eigenvalue weighted by atomic mass is 16.2. The lowest BCUT2D eigenvalue weighted by Crippen LogP contribution is -2.51. The van der Waals surface area contributed by atoms with Crippen LogP contribution in [0.3, 0.4) is 0 Å². The van der Waals surface area contributed by atoms with Crippen molar-refractivity contribution in [3.63, 3.8) is 0 Å². The van der Waals surface area contributed by atoms with E-state index in [1.807, 2.05) is 4.90 Å². The van der Waals surface area contributed by atoms with Gasteiger partial charge in [0.25, 0.3) is 5.91 Å². The van der Waals surface area contributed by atoms with E-state index in [0.717, 1.165) is 31.6 Å². The SMILES string of the molecule is CCC(C)n1ncc(C(=O)N2CCN[C@H](C)C2)c1C1CC1. The largest absolute Gasteiger partial charge is 0.336 e. The minimum atomic E-state index is 0.166. The van der Waals surface area contributed by atoms with Gasteiger partial charge in [0.2, 0.25) is 0 Å². The second kappa shape index (κ2) is 5.79. The smallest absolute Gasteiger partial charge is 0.257 e. The van der Waals surface area contributed by atoms with Gasteiger partial charge in [0.1, 0.15) is 0 Å². The maximum absolute atomic E-state index is 12.9. The third-order valence-electron chi connectivity index (χ3n) is 4.69. The quantitative estimate of drug-likeness (QED) is 0.924. The van der Waals surface area contributed by atoms with E-state index < -0.39 is 0 Å². The number of rotatable bonds is 4. The molecular weight excluding hydrogens is 264 g/mol. The summed E-state index contributed by atoms with van der Waals surface area (Å²) in [5, 5.41) is 7.92. The number of carbonyl (C=O) groups excluding carboxylic acids is 1. The van der Waals surface area contributed by atoms with Crippen molar-refractivity contribution in [2.45, 2.75) is 58.0 Å². The number of carbonyl (C=O) groups is 1. The topological polar surface area (TPSA) is 50.2 Å². The third kappa shape index (κ3) is 2.84. The summed E-state index contributed by atoms with van der Waals surface area (Å²) in [6.07, 6.45) is 5.23. The highest BCUT2D eigenvalue weighted by Crippen LogP contribution is 2.43. The predicted molar refractivity (Wildman–Crippen MR) is 82.6 cm³/mol. The van der Waals surface area contributed by atoms with Crippen LogP contribution >= 0.6 is 0 Å². The molecule has 1 aliphatic carbocycles. The van der Waals surface area contributed by atoms with E-state index in [0.29, 0.717) is 18.0 Å². The minimum absolute atomic E-state index is 0.166. The van der Waals surface area contributed by atoms with E-state index in [1.54, 1.807) is 6.20 Å². The molecule has 21 heavy (non-hydrogen) atoms. The first-order valence-corrected chi connectivity index (χ1v) is 8.21. The molecule has 1 N–H and O–H groups in total. The monoisotopic (exact) mass is 290 g/mol. The van der Waals surface area contributed by atoms with Gasteiger partial charge in [-0.1, -0.05) is 6.92 Å². The van der Waals surface area contributed by atoms with Gasteiger partial charge < -0.3 is 10.2 Å². The lowest BCUT2D eigenvalue weighted by atomic mass is 10.1. The third-order valence-corrected chi connectivity index (χ3v) is 4.69. The lowest BCUT2D eigenvalue weighted by Gasteiger charge is -2.32. The number of nitrogens with zero attached hydrogens (tertiary/aromatic N) is 3. The second-order valence-corrected chi connectivity index (χ2v) is 6.53. The van der Waals surface area contributed by atoms with E-state index in [-0.39, 0.29) is 5.91 Å². The van der Waals surface area contributed by atoms with Crippen LogP contribution in [0.1, 0.15) is 68.0 Å². The van der Waals surface area contributed by atoms with Crippen molar-refractivity contribution in [2.75, 3.05) is 19.6 Å². The average molecular weight is 290 g/mol. The van der Waals surface area contributed by atoms with Crippen molar-refractivity contribution >= 4 is 5.91 Å². The van der Waals surface area contributed by atoms with Crippen LogP contribution in [0.4, 0.5) is 0 Å². The first kappa shape index (κ1) is 14.6. The molecular formula is C16H26N4O. The first-order chi connectivity index (χ1) is 10.1. The molecule has 0 bridgehead atoms. The maximum Gasteiger partial charge on any atom is 0.257 e. The molecule has 0 spiro atoms. The summed E-state index contributed by atoms with van der Waals surface area (Å²) in [5.74, 6) is 0.709. The molecule has 1 saturated carbocycles. The zero-order valence-electron chi connectivity index (χ0n) is 13.3. The summed E-state index contributed by atoms with van der Waals surface area (Å²) >= 11 is 0. The average Bonchev–Trinajstić information content (AvgIpc) is 3.24. The van der Waals surface area contributed by atoms with Crippen LogP contribution in [0.25, 0.3) is 0 Å². The number of nitrogens with one attached hydrogen (secondary N) is 1. The summed E-state index contributed by atoms with van der Waals surface area (Å²) < 4.78 is 2.09. The Morgan fingerprint density at radius 1 is 1.52 bits per heavy atom. The van der Waals surface area contributed by atoms with Crippen molar-refractivity contribution in [1.29, 1.82) is 0 Å². The zero-order chi connectivity index (χ0) is 15.0. The van der Waals surface area contributed by atoms with Crippen molar-refractivity contribution in [2.24, 2.45) is 0 Å². The molecule has 3 rings (SSSR count). The Hall–Kier alpha value is -1.36. The van der Waals surface area contributed by atoms with Gasteiger partial charge in [-0.3, -0.25) is 9.48 Å². The number of amides is 1. The second-order valence-electron chi connectivity index (χ2n) is 6.53. The Morgan fingerprint density at radius 2 is 2.29 bits per heavy atom. The molecule has 2 atom stereocenters. The van der Waals surface area contributed by atoms with Crippen LogP contribution in [-0.2, 0) is 0 Å². The fraction of sp³-hybridized carbons (Fsp3) is 0.750. The van der Waals surface area contributed by atoms with Gasteiger partial charge in [-0.15, -0.1) is 0 Å². The van der Waals surface area contributed by atoms with Gasteiger partial charge in [-0.05, 0) is 33.1 Å². The summed E-state index contributed by atoms with van der Waals surface area (Å²) in [7, 11) is 0. The fourth-order valence-electron chi connectivity index (χ4n) is 3.11. The van der Waals surface area contributed by atoms with Gasteiger partial charge in [-0.2, -0.15) is 5.10 Å². The predicted octanol–water partition coefficient (Wildman–Crippen LogP) is 2.17. The fourth-order valence-corrected chi connectivity index (χ4v) is 3.11. The molecule has 5 nitrogen and oxygen atoms in total. The highest BCUT2D eigenvalue weighted by Gasteiger charge is 2.35. The Labute approximate surface area is 126 Å². The summed E-state index contributed by atoms with van der Waals surface area (Å²) in [4.78, 5) is 14.8. The van der Waals surface area contributed by atoms with Crippen LogP contribution in [0.5, 0.6) is 0 Å². The van der Waals surface area contributed by atoms with Crippen LogP contribution in [0, 0.1) is 0 Å². The van der Waals surface area contributed by atoms with Crippen LogP contribution in [0.15, 0.2) is 6.20 Å². The molecule has 1 aromatic heterocycles. The van der Waals surface area contributed by atoms with Crippen LogP contribution in [-0.4, -0.2) is 46.3 Å². The van der Waals surface area contributed by atoms with Crippen LogP contribution in [0.2, 0.25) is 0 Å². The molecule has 2 fully saturated rings. The minimum Gasteiger partial charge on any atom is -0.336 e. The molecule has 2 aliphatic rings. The Balaban J connectivity index is 1.87. The molecule has 1 aromatic rings. The number of aromatic nitrogens is 2. The number of hydrogen-bond acceptors (Lipinski definition) is 3. The Kier molecular flexibility index (Phi) is 4.02. The van der Waals surface area contributed by atoms with Gasteiger partial charge >= 0.3 is 0 Å². The van der Waals surface area contributed by atoms with Gasteiger partial charge in [-0.25, -0.2) is 0 Å². The summed E-state index contributed by atoms with van der Waals surface area (Å²) in [6, 6.07) is 0.737. The molecule has 0 aromatic carbocycles. The van der Waals surface area contributed by atoms with Crippen molar-refractivity contribution in [3.8, 4) is 0 Å².